The van der Waals surface area contributed by atoms with Crippen LogP contribution in [0.1, 0.15) is 34.1 Å². The van der Waals surface area contributed by atoms with Gasteiger partial charge in [0.1, 0.15) is 5.56 Å². The Bertz CT molecular complexity index is 1780. The molecule has 2 aromatic carbocycles. The number of aliphatic imine (C=N–C) groups is 1. The number of benzene rings is 2. The number of pyridine rings is 1. The lowest BCUT2D eigenvalue weighted by molar-refractivity contribution is 0.112. The molecule has 0 aliphatic heterocycles. The van der Waals surface area contributed by atoms with Gasteiger partial charge in [0.2, 0.25) is 0 Å². The maximum atomic E-state index is 13.5. The van der Waals surface area contributed by atoms with E-state index in [1.165, 1.54) is 24.0 Å². The van der Waals surface area contributed by atoms with E-state index in [1.54, 1.807) is 17.9 Å². The van der Waals surface area contributed by atoms with Gasteiger partial charge in [0.05, 0.1) is 11.6 Å². The van der Waals surface area contributed by atoms with Crippen molar-refractivity contribution in [3.63, 3.8) is 0 Å². The smallest absolute Gasteiger partial charge is 0.263 e. The van der Waals surface area contributed by atoms with Crippen molar-refractivity contribution in [3.8, 4) is 5.69 Å². The van der Waals surface area contributed by atoms with Crippen molar-refractivity contribution < 1.29 is 4.79 Å². The summed E-state index contributed by atoms with van der Waals surface area (Å²) >= 11 is 0. The molecule has 0 saturated carbocycles. The summed E-state index contributed by atoms with van der Waals surface area (Å²) in [7, 11) is 5.05. The molecule has 3 heterocycles. The molecule has 5 rings (SSSR count). The van der Waals surface area contributed by atoms with Crippen LogP contribution in [0, 0.1) is 0 Å². The molecule has 0 fully saturated rings. The van der Waals surface area contributed by atoms with E-state index in [0.717, 1.165) is 39.7 Å². The highest BCUT2D eigenvalue weighted by Crippen LogP contribution is 2.22. The molecule has 5 aromatic rings. The molecule has 10 nitrogen and oxygen atoms in total. The predicted molar refractivity (Wildman–Crippen MR) is 173 cm³/mol. The topological polar surface area (TPSA) is 139 Å². The normalized spacial score (nSPS) is 10.8. The van der Waals surface area contributed by atoms with Gasteiger partial charge >= 0.3 is 0 Å². The molecule has 0 unspecified atom stereocenters. The minimum Gasteiger partial charge on any atom is -0.382 e. The number of aromatic nitrogens is 5. The van der Waals surface area contributed by atoms with Crippen molar-refractivity contribution in [2.75, 3.05) is 12.8 Å². The van der Waals surface area contributed by atoms with E-state index >= 15 is 0 Å². The van der Waals surface area contributed by atoms with Crippen LogP contribution >= 0.6 is 0 Å². The summed E-state index contributed by atoms with van der Waals surface area (Å²) in [5.41, 5.74) is 14.1. The molecule has 0 spiro atoms. The molecule has 0 aliphatic rings. The number of fused-ring (bicyclic) bond motifs is 1. The average molecular weight is 565 g/mol. The number of nitrogen functional groups attached to an aromatic ring is 1. The summed E-state index contributed by atoms with van der Waals surface area (Å²) in [5, 5.41) is 9.74. The first-order valence-corrected chi connectivity index (χ1v) is 13.3. The Morgan fingerprint density at radius 1 is 1.05 bits per heavy atom. The number of hydrogen-bond acceptors (Lipinski definition) is 7. The Hall–Kier alpha value is -5.35. The molecule has 216 valence electrons. The summed E-state index contributed by atoms with van der Waals surface area (Å²) in [6.07, 6.45) is 12.1. The lowest BCUT2D eigenvalue weighted by Crippen LogP contribution is -2.22. The van der Waals surface area contributed by atoms with Crippen molar-refractivity contribution in [2.45, 2.75) is 13.3 Å². The second kappa shape index (κ2) is 14.9. The largest absolute Gasteiger partial charge is 0.382 e. The monoisotopic (exact) mass is 564 g/mol. The number of carbonyl (C=O) groups is 1. The lowest BCUT2D eigenvalue weighted by Gasteiger charge is -2.14. The molecule has 0 bridgehead atoms. The van der Waals surface area contributed by atoms with Gasteiger partial charge in [0.25, 0.3) is 5.56 Å². The minimum atomic E-state index is 0.0157. The zero-order chi connectivity index (χ0) is 30.6. The van der Waals surface area contributed by atoms with E-state index in [9.17, 15) is 9.59 Å². The molecular formula is C32H36N8O2. The van der Waals surface area contributed by atoms with Gasteiger partial charge in [-0.05, 0) is 42.6 Å². The van der Waals surface area contributed by atoms with Gasteiger partial charge in [0, 0.05) is 43.5 Å². The molecule has 10 heteroatoms. The van der Waals surface area contributed by atoms with Crippen LogP contribution in [0.5, 0.6) is 0 Å². The summed E-state index contributed by atoms with van der Waals surface area (Å²) in [6.45, 7) is 5.54. The zero-order valence-corrected chi connectivity index (χ0v) is 24.3. The minimum absolute atomic E-state index is 0.0157. The number of hydrogen-bond donors (Lipinski definition) is 2. The number of para-hydroxylation sites is 1. The maximum Gasteiger partial charge on any atom is 0.263 e. The number of rotatable bonds is 7. The van der Waals surface area contributed by atoms with Crippen LogP contribution in [-0.4, -0.2) is 43.7 Å². The van der Waals surface area contributed by atoms with E-state index in [2.05, 4.69) is 40.5 Å². The molecule has 0 saturated heterocycles. The summed E-state index contributed by atoms with van der Waals surface area (Å²) in [6, 6.07) is 17.9. The van der Waals surface area contributed by atoms with Gasteiger partial charge in [-0.2, -0.15) is 10.2 Å². The third kappa shape index (κ3) is 7.04. The van der Waals surface area contributed by atoms with Crippen LogP contribution in [0.25, 0.3) is 28.6 Å². The van der Waals surface area contributed by atoms with Gasteiger partial charge in [-0.15, -0.1) is 0 Å². The average Bonchev–Trinajstić information content (AvgIpc) is 3.56. The predicted octanol–water partition coefficient (Wildman–Crippen LogP) is 4.74. The highest BCUT2D eigenvalue weighted by molar-refractivity contribution is 5.93. The van der Waals surface area contributed by atoms with E-state index in [0.29, 0.717) is 17.7 Å². The Morgan fingerprint density at radius 3 is 2.40 bits per heavy atom. The molecule has 3 aromatic heterocycles. The third-order valence-corrected chi connectivity index (χ3v) is 6.21. The number of nitrogens with two attached hydrogens (primary N) is 2. The molecule has 0 amide bonds. The number of aldehydes is 1. The SMILES string of the molecule is C=C/C=N\c1c(C=O)c(N)nn1C.CCc1cc2cccc(/C=C/c3cnn(C)c3)c2c(=O)n1-c1ccccc1.CN. The highest BCUT2D eigenvalue weighted by Gasteiger charge is 2.13. The van der Waals surface area contributed by atoms with Crippen molar-refractivity contribution in [1.82, 2.24) is 24.1 Å². The number of aryl methyl sites for hydroxylation is 3. The Kier molecular flexibility index (Phi) is 11.0. The van der Waals surface area contributed by atoms with Crippen LogP contribution in [-0.2, 0) is 20.5 Å². The number of carbonyl (C=O) groups excluding carboxylic acids is 1. The Morgan fingerprint density at radius 2 is 1.79 bits per heavy atom. The van der Waals surface area contributed by atoms with Crippen LogP contribution in [0.3, 0.4) is 0 Å². The molecule has 4 N–H and O–H groups in total. The summed E-state index contributed by atoms with van der Waals surface area (Å²) in [5.74, 6) is 0.626. The zero-order valence-electron chi connectivity index (χ0n) is 24.3. The standard InChI is InChI=1S/C23H21N3O.C8H10N4O.CH5N/c1-3-20-14-19-9-7-8-18(13-12-17-15-24-25(2)16-17)22(19)23(27)26(20)21-10-5-4-6-11-21;1-3-4-10-8-6(5-13)7(9)11-12(8)2;1-2/h4-16H,3H2,1-2H3;3-5H,1H2,2H3,(H2,9,11);2H2,1H3/b13-12+;10-4-;. The fourth-order valence-corrected chi connectivity index (χ4v) is 4.35. The van der Waals surface area contributed by atoms with Gasteiger partial charge in [0.15, 0.2) is 17.9 Å². The van der Waals surface area contributed by atoms with Gasteiger partial charge in [-0.25, -0.2) is 9.67 Å². The summed E-state index contributed by atoms with van der Waals surface area (Å²) in [4.78, 5) is 28.0. The van der Waals surface area contributed by atoms with Crippen molar-refractivity contribution in [3.05, 3.63) is 112 Å². The number of allylic oxidation sites excluding steroid dienone is 1. The summed E-state index contributed by atoms with van der Waals surface area (Å²) < 4.78 is 5.03. The fourth-order valence-electron chi connectivity index (χ4n) is 4.35. The van der Waals surface area contributed by atoms with Crippen LogP contribution in [0.4, 0.5) is 11.6 Å². The fraction of sp³-hybridized carbons (Fsp3) is 0.156. The highest BCUT2D eigenvalue weighted by atomic mass is 16.1. The number of nitrogens with zero attached hydrogens (tertiary/aromatic N) is 6. The molecule has 0 radical (unpaired) electrons. The number of anilines is 1. The molecular weight excluding hydrogens is 528 g/mol. The van der Waals surface area contributed by atoms with E-state index < -0.39 is 0 Å². The van der Waals surface area contributed by atoms with Gasteiger partial charge < -0.3 is 11.5 Å². The van der Waals surface area contributed by atoms with E-state index in [4.69, 9.17) is 5.73 Å². The van der Waals surface area contributed by atoms with Crippen molar-refractivity contribution in [2.24, 2.45) is 24.8 Å². The lowest BCUT2D eigenvalue weighted by atomic mass is 10.0. The third-order valence-electron chi connectivity index (χ3n) is 6.21. The van der Waals surface area contributed by atoms with Gasteiger partial charge in [-0.3, -0.25) is 18.8 Å². The van der Waals surface area contributed by atoms with E-state index in [-0.39, 0.29) is 11.4 Å². The van der Waals surface area contributed by atoms with Crippen molar-refractivity contribution in [1.29, 1.82) is 0 Å². The van der Waals surface area contributed by atoms with Crippen LogP contribution in [0.2, 0.25) is 0 Å². The van der Waals surface area contributed by atoms with Crippen molar-refractivity contribution >= 4 is 47.1 Å². The van der Waals surface area contributed by atoms with Gasteiger partial charge in [-0.1, -0.05) is 68.1 Å². The second-order valence-electron chi connectivity index (χ2n) is 8.94. The maximum absolute atomic E-state index is 13.5. The first-order valence-electron chi connectivity index (χ1n) is 13.3. The quantitative estimate of drug-likeness (QED) is 0.216. The Labute approximate surface area is 244 Å². The molecule has 42 heavy (non-hydrogen) atoms. The van der Waals surface area contributed by atoms with Crippen LogP contribution < -0.4 is 17.0 Å². The second-order valence-corrected chi connectivity index (χ2v) is 8.94. The first-order chi connectivity index (χ1) is 20.4. The Balaban J connectivity index is 0.000000272. The molecule has 0 atom stereocenters. The first kappa shape index (κ1) is 31.2. The van der Waals surface area contributed by atoms with Crippen LogP contribution in [0.15, 0.2) is 89.4 Å². The molecule has 0 aliphatic carbocycles. The van der Waals surface area contributed by atoms with E-state index in [1.807, 2.05) is 78.5 Å².